The second-order valence-corrected chi connectivity index (χ2v) is 4.32. The molecule has 18 heavy (non-hydrogen) atoms. The molecule has 7 nitrogen and oxygen atoms in total. The van der Waals surface area contributed by atoms with Gasteiger partial charge < -0.3 is 20.3 Å². The molecule has 1 rings (SSSR count). The van der Waals surface area contributed by atoms with E-state index in [4.69, 9.17) is 9.63 Å². The Kier molecular flexibility index (Phi) is 4.70. The third kappa shape index (κ3) is 4.08. The van der Waals surface area contributed by atoms with Crippen LogP contribution in [0.1, 0.15) is 25.3 Å². The summed E-state index contributed by atoms with van der Waals surface area (Å²) in [7, 11) is 0. The Bertz CT molecular complexity index is 428. The van der Waals surface area contributed by atoms with E-state index >= 15 is 0 Å². The molecule has 0 radical (unpaired) electrons. The maximum absolute atomic E-state index is 11.5. The normalized spacial score (nSPS) is 12.2. The molecule has 0 fully saturated rings. The van der Waals surface area contributed by atoms with E-state index in [-0.39, 0.29) is 12.5 Å². The number of rotatable bonds is 5. The van der Waals surface area contributed by atoms with Crippen LogP contribution in [-0.4, -0.2) is 28.3 Å². The molecule has 2 amide bonds. The lowest BCUT2D eigenvalue weighted by molar-refractivity contribution is -0.140. The van der Waals surface area contributed by atoms with E-state index in [1.807, 2.05) is 0 Å². The minimum Gasteiger partial charge on any atom is -0.480 e. The first-order chi connectivity index (χ1) is 8.40. The molecule has 0 saturated heterocycles. The number of aromatic nitrogens is 1. The number of aryl methyl sites for hydroxylation is 1. The number of hydrogen-bond donors (Lipinski definition) is 3. The van der Waals surface area contributed by atoms with Gasteiger partial charge in [0.2, 0.25) is 0 Å². The molecule has 1 aromatic rings. The molecule has 1 atom stereocenters. The van der Waals surface area contributed by atoms with Crippen molar-refractivity contribution in [3.8, 4) is 0 Å². The number of carbonyl (C=O) groups is 2. The van der Waals surface area contributed by atoms with E-state index in [2.05, 4.69) is 15.8 Å². The van der Waals surface area contributed by atoms with Crippen molar-refractivity contribution in [1.82, 2.24) is 15.8 Å². The number of amides is 2. The molecule has 0 bridgehead atoms. The summed E-state index contributed by atoms with van der Waals surface area (Å²) in [5, 5.41) is 17.5. The van der Waals surface area contributed by atoms with Crippen molar-refractivity contribution < 1.29 is 19.2 Å². The Hall–Kier alpha value is -2.05. The van der Waals surface area contributed by atoms with Gasteiger partial charge in [-0.05, 0) is 12.8 Å². The van der Waals surface area contributed by atoms with Crippen molar-refractivity contribution in [3.63, 3.8) is 0 Å². The van der Waals surface area contributed by atoms with Crippen LogP contribution in [0.4, 0.5) is 4.79 Å². The average Bonchev–Trinajstić information content (AvgIpc) is 2.68. The van der Waals surface area contributed by atoms with Gasteiger partial charge in [-0.1, -0.05) is 19.0 Å². The van der Waals surface area contributed by atoms with E-state index in [0.29, 0.717) is 5.76 Å². The van der Waals surface area contributed by atoms with Crippen LogP contribution in [0.5, 0.6) is 0 Å². The lowest BCUT2D eigenvalue weighted by Crippen LogP contribution is -2.48. The van der Waals surface area contributed by atoms with Gasteiger partial charge in [-0.25, -0.2) is 9.59 Å². The van der Waals surface area contributed by atoms with Crippen LogP contribution >= 0.6 is 0 Å². The molecule has 0 aliphatic heterocycles. The summed E-state index contributed by atoms with van der Waals surface area (Å²) in [6.45, 7) is 5.38. The summed E-state index contributed by atoms with van der Waals surface area (Å²) in [5.74, 6) is -0.740. The quantitative estimate of drug-likeness (QED) is 0.724. The fraction of sp³-hybridized carbons (Fsp3) is 0.545. The average molecular weight is 255 g/mol. The fourth-order valence-electron chi connectivity index (χ4n) is 1.37. The predicted molar refractivity (Wildman–Crippen MR) is 62.9 cm³/mol. The SMILES string of the molecule is Cc1cc(CNC(=O)NC(C(=O)O)C(C)C)on1. The summed E-state index contributed by atoms with van der Waals surface area (Å²) in [4.78, 5) is 22.4. The zero-order valence-corrected chi connectivity index (χ0v) is 10.6. The molecule has 0 aliphatic carbocycles. The molecule has 3 N–H and O–H groups in total. The minimum atomic E-state index is -1.06. The van der Waals surface area contributed by atoms with E-state index in [1.165, 1.54) is 0 Å². The van der Waals surface area contributed by atoms with Crippen LogP contribution in [-0.2, 0) is 11.3 Å². The topological polar surface area (TPSA) is 104 Å². The molecular formula is C11H17N3O4. The first-order valence-corrected chi connectivity index (χ1v) is 5.59. The van der Waals surface area contributed by atoms with Gasteiger partial charge in [-0.3, -0.25) is 0 Å². The maximum atomic E-state index is 11.5. The van der Waals surface area contributed by atoms with Crippen LogP contribution in [0.15, 0.2) is 10.6 Å². The number of carboxylic acids is 1. The van der Waals surface area contributed by atoms with Gasteiger partial charge in [-0.15, -0.1) is 0 Å². The van der Waals surface area contributed by atoms with E-state index in [0.717, 1.165) is 5.69 Å². The predicted octanol–water partition coefficient (Wildman–Crippen LogP) is 0.891. The Balaban J connectivity index is 2.43. The van der Waals surface area contributed by atoms with Gasteiger partial charge in [0.1, 0.15) is 6.04 Å². The smallest absolute Gasteiger partial charge is 0.326 e. The largest absolute Gasteiger partial charge is 0.480 e. The van der Waals surface area contributed by atoms with Crippen molar-refractivity contribution in [2.75, 3.05) is 0 Å². The summed E-state index contributed by atoms with van der Waals surface area (Å²) >= 11 is 0. The number of carbonyl (C=O) groups excluding carboxylic acids is 1. The van der Waals surface area contributed by atoms with E-state index in [1.54, 1.807) is 26.8 Å². The monoisotopic (exact) mass is 255 g/mol. The Labute approximate surface area is 105 Å². The van der Waals surface area contributed by atoms with Gasteiger partial charge in [0.25, 0.3) is 0 Å². The third-order valence-electron chi connectivity index (χ3n) is 2.32. The Morgan fingerprint density at radius 3 is 2.61 bits per heavy atom. The number of urea groups is 1. The Morgan fingerprint density at radius 2 is 2.17 bits per heavy atom. The summed E-state index contributed by atoms with van der Waals surface area (Å²) in [6, 6.07) is 0.226. The third-order valence-corrected chi connectivity index (χ3v) is 2.32. The lowest BCUT2D eigenvalue weighted by atomic mass is 10.1. The van der Waals surface area contributed by atoms with Crippen molar-refractivity contribution in [2.45, 2.75) is 33.4 Å². The first kappa shape index (κ1) is 14.0. The van der Waals surface area contributed by atoms with Crippen molar-refractivity contribution in [3.05, 3.63) is 17.5 Å². The molecule has 7 heteroatoms. The van der Waals surface area contributed by atoms with E-state index < -0.39 is 18.0 Å². The van der Waals surface area contributed by atoms with Crippen molar-refractivity contribution in [1.29, 1.82) is 0 Å². The number of nitrogens with one attached hydrogen (secondary N) is 2. The number of nitrogens with zero attached hydrogens (tertiary/aromatic N) is 1. The minimum absolute atomic E-state index is 0.164. The molecule has 0 aromatic carbocycles. The molecule has 1 heterocycles. The van der Waals surface area contributed by atoms with Gasteiger partial charge >= 0.3 is 12.0 Å². The van der Waals surface area contributed by atoms with E-state index in [9.17, 15) is 9.59 Å². The number of aliphatic carboxylic acids is 1. The van der Waals surface area contributed by atoms with Crippen LogP contribution in [0, 0.1) is 12.8 Å². The molecule has 100 valence electrons. The van der Waals surface area contributed by atoms with Gasteiger partial charge in [0, 0.05) is 6.07 Å². The van der Waals surface area contributed by atoms with Crippen LogP contribution in [0.25, 0.3) is 0 Å². The maximum Gasteiger partial charge on any atom is 0.326 e. The zero-order chi connectivity index (χ0) is 13.7. The fourth-order valence-corrected chi connectivity index (χ4v) is 1.37. The number of carboxylic acid groups (broad SMARTS) is 1. The van der Waals surface area contributed by atoms with Crippen LogP contribution < -0.4 is 10.6 Å². The summed E-state index contributed by atoms with van der Waals surface area (Å²) < 4.78 is 4.91. The summed E-state index contributed by atoms with van der Waals surface area (Å²) in [5.41, 5.74) is 0.720. The highest BCUT2D eigenvalue weighted by Crippen LogP contribution is 2.03. The number of hydrogen-bond acceptors (Lipinski definition) is 4. The Morgan fingerprint density at radius 1 is 1.50 bits per heavy atom. The van der Waals surface area contributed by atoms with Gasteiger partial charge in [0.05, 0.1) is 12.2 Å². The highest BCUT2D eigenvalue weighted by Gasteiger charge is 2.23. The van der Waals surface area contributed by atoms with Gasteiger partial charge in [-0.2, -0.15) is 0 Å². The highest BCUT2D eigenvalue weighted by molar-refractivity contribution is 5.82. The molecule has 1 aromatic heterocycles. The van der Waals surface area contributed by atoms with Crippen LogP contribution in [0.3, 0.4) is 0 Å². The molecule has 0 saturated carbocycles. The molecule has 1 unspecified atom stereocenters. The molecular weight excluding hydrogens is 238 g/mol. The molecule has 0 spiro atoms. The lowest BCUT2D eigenvalue weighted by Gasteiger charge is -2.17. The second-order valence-electron chi connectivity index (χ2n) is 4.32. The van der Waals surface area contributed by atoms with Crippen molar-refractivity contribution >= 4 is 12.0 Å². The highest BCUT2D eigenvalue weighted by atomic mass is 16.5. The molecule has 0 aliphatic rings. The summed E-state index contributed by atoms with van der Waals surface area (Å²) in [6.07, 6.45) is 0. The first-order valence-electron chi connectivity index (χ1n) is 5.59. The standard InChI is InChI=1S/C11H17N3O4/c1-6(2)9(10(15)16)13-11(17)12-5-8-4-7(3)14-18-8/h4,6,9H,5H2,1-3H3,(H,15,16)(H2,12,13,17). The zero-order valence-electron chi connectivity index (χ0n) is 10.6. The van der Waals surface area contributed by atoms with Crippen LogP contribution in [0.2, 0.25) is 0 Å². The second kappa shape index (κ2) is 6.04. The van der Waals surface area contributed by atoms with Crippen molar-refractivity contribution in [2.24, 2.45) is 5.92 Å². The van der Waals surface area contributed by atoms with Gasteiger partial charge in [0.15, 0.2) is 5.76 Å².